The molecule has 3 nitrogen and oxygen atoms in total. The van der Waals surface area contributed by atoms with Crippen molar-refractivity contribution in [3.05, 3.63) is 0 Å². The van der Waals surface area contributed by atoms with Gasteiger partial charge in [0, 0.05) is 6.92 Å². The van der Waals surface area contributed by atoms with Crippen molar-refractivity contribution in [3.63, 3.8) is 0 Å². The van der Waals surface area contributed by atoms with E-state index >= 15 is 0 Å². The molecule has 0 fully saturated rings. The van der Waals surface area contributed by atoms with Crippen LogP contribution in [0.2, 0.25) is 0 Å². The number of rotatable bonds is 5. The molecular formula is C6H11FO3. The summed E-state index contributed by atoms with van der Waals surface area (Å²) >= 11 is 0. The van der Waals surface area contributed by atoms with Gasteiger partial charge in [0.05, 0.1) is 13.2 Å². The maximum atomic E-state index is 11.3. The minimum absolute atomic E-state index is 0.0707. The number of ether oxygens (including phenoxy) is 2. The smallest absolute Gasteiger partial charge is 0.302 e. The molecule has 10 heavy (non-hydrogen) atoms. The first-order valence-electron chi connectivity index (χ1n) is 3.04. The highest BCUT2D eigenvalue weighted by atomic mass is 19.1. The minimum Gasteiger partial charge on any atom is -0.463 e. The summed E-state index contributed by atoms with van der Waals surface area (Å²) in [7, 11) is 0. The van der Waals surface area contributed by atoms with Gasteiger partial charge in [-0.1, -0.05) is 0 Å². The molecule has 0 bridgehead atoms. The summed E-state index contributed by atoms with van der Waals surface area (Å²) in [4.78, 5) is 10.1. The second-order valence-corrected chi connectivity index (χ2v) is 1.64. The van der Waals surface area contributed by atoms with Gasteiger partial charge in [0.15, 0.2) is 0 Å². The van der Waals surface area contributed by atoms with Gasteiger partial charge >= 0.3 is 5.97 Å². The van der Waals surface area contributed by atoms with Crippen LogP contribution in [0.25, 0.3) is 0 Å². The number of halogens is 1. The minimum atomic E-state index is -0.500. The number of hydrogen-bond donors (Lipinski definition) is 0. The lowest BCUT2D eigenvalue weighted by atomic mass is 10.7. The average molecular weight is 150 g/mol. The van der Waals surface area contributed by atoms with Crippen LogP contribution in [0, 0.1) is 0 Å². The molecule has 0 rings (SSSR count). The van der Waals surface area contributed by atoms with Gasteiger partial charge in [0.1, 0.15) is 13.3 Å². The largest absolute Gasteiger partial charge is 0.463 e. The summed E-state index contributed by atoms with van der Waals surface area (Å²) in [6, 6.07) is 0. The first kappa shape index (κ1) is 9.36. The van der Waals surface area contributed by atoms with E-state index in [0.717, 1.165) is 0 Å². The monoisotopic (exact) mass is 150 g/mol. The van der Waals surface area contributed by atoms with Gasteiger partial charge in [0.2, 0.25) is 0 Å². The zero-order valence-electron chi connectivity index (χ0n) is 5.93. The molecule has 0 heterocycles. The third kappa shape index (κ3) is 7.36. The molecule has 0 spiro atoms. The summed E-state index contributed by atoms with van der Waals surface area (Å²) in [5.41, 5.74) is 0. The van der Waals surface area contributed by atoms with E-state index in [9.17, 15) is 9.18 Å². The number of alkyl halides is 1. The zero-order chi connectivity index (χ0) is 7.82. The van der Waals surface area contributed by atoms with Crippen molar-refractivity contribution < 1.29 is 18.7 Å². The Kier molecular flexibility index (Phi) is 6.06. The summed E-state index contributed by atoms with van der Waals surface area (Å²) < 4.78 is 20.5. The highest BCUT2D eigenvalue weighted by Gasteiger charge is 1.91. The van der Waals surface area contributed by atoms with E-state index in [-0.39, 0.29) is 25.8 Å². The SMILES string of the molecule is CC(=O)OCCOCCF. The predicted octanol–water partition coefficient (Wildman–Crippen LogP) is 0.536. The van der Waals surface area contributed by atoms with Gasteiger partial charge in [-0.2, -0.15) is 0 Å². The van der Waals surface area contributed by atoms with Crippen LogP contribution in [0.5, 0.6) is 0 Å². The first-order chi connectivity index (χ1) is 4.77. The lowest BCUT2D eigenvalue weighted by molar-refractivity contribution is -0.142. The van der Waals surface area contributed by atoms with E-state index in [1.165, 1.54) is 6.92 Å². The molecule has 0 aromatic rings. The molecule has 0 unspecified atom stereocenters. The van der Waals surface area contributed by atoms with Crippen LogP contribution in [-0.2, 0) is 14.3 Å². The molecule has 0 amide bonds. The topological polar surface area (TPSA) is 35.5 Å². The third-order valence-corrected chi connectivity index (χ3v) is 0.754. The van der Waals surface area contributed by atoms with E-state index in [1.807, 2.05) is 0 Å². The molecule has 0 aromatic carbocycles. The Morgan fingerprint density at radius 2 is 2.10 bits per heavy atom. The molecule has 0 aliphatic heterocycles. The number of esters is 1. The van der Waals surface area contributed by atoms with E-state index in [1.54, 1.807) is 0 Å². The van der Waals surface area contributed by atoms with E-state index in [0.29, 0.717) is 0 Å². The number of carbonyl (C=O) groups is 1. The second-order valence-electron chi connectivity index (χ2n) is 1.64. The fraction of sp³-hybridized carbons (Fsp3) is 0.833. The van der Waals surface area contributed by atoms with Crippen LogP contribution in [0.3, 0.4) is 0 Å². The quantitative estimate of drug-likeness (QED) is 0.423. The third-order valence-electron chi connectivity index (χ3n) is 0.754. The molecular weight excluding hydrogens is 139 g/mol. The standard InChI is InChI=1S/C6H11FO3/c1-6(8)10-5-4-9-3-2-7/h2-5H2,1H3. The second kappa shape index (κ2) is 6.48. The molecule has 0 saturated carbocycles. The summed E-state index contributed by atoms with van der Waals surface area (Å²) in [6.45, 7) is 1.36. The molecule has 0 aliphatic rings. The average Bonchev–Trinajstić information content (AvgIpc) is 1.87. The van der Waals surface area contributed by atoms with Gasteiger partial charge in [0.25, 0.3) is 0 Å². The maximum Gasteiger partial charge on any atom is 0.302 e. The Balaban J connectivity index is 2.84. The van der Waals surface area contributed by atoms with Gasteiger partial charge in [-0.15, -0.1) is 0 Å². The Hall–Kier alpha value is -0.640. The van der Waals surface area contributed by atoms with Crippen LogP contribution >= 0.6 is 0 Å². The molecule has 0 atom stereocenters. The lowest BCUT2D eigenvalue weighted by Gasteiger charge is -2.00. The van der Waals surface area contributed by atoms with Gasteiger partial charge in [-0.05, 0) is 0 Å². The fourth-order valence-electron chi connectivity index (χ4n) is 0.401. The van der Waals surface area contributed by atoms with E-state index < -0.39 is 6.67 Å². The van der Waals surface area contributed by atoms with Crippen LogP contribution in [0.15, 0.2) is 0 Å². The molecule has 0 aliphatic carbocycles. The van der Waals surface area contributed by atoms with Crippen molar-refractivity contribution in [1.82, 2.24) is 0 Å². The Morgan fingerprint density at radius 1 is 1.40 bits per heavy atom. The Labute approximate surface area is 59.1 Å². The van der Waals surface area contributed by atoms with Gasteiger partial charge < -0.3 is 9.47 Å². The molecule has 4 heteroatoms. The molecule has 0 saturated heterocycles. The van der Waals surface area contributed by atoms with Crippen molar-refractivity contribution in [2.45, 2.75) is 6.92 Å². The number of carbonyl (C=O) groups excluding carboxylic acids is 1. The van der Waals surface area contributed by atoms with Crippen molar-refractivity contribution in [3.8, 4) is 0 Å². The van der Waals surface area contributed by atoms with Crippen LogP contribution in [0.1, 0.15) is 6.92 Å². The summed E-state index contributed by atoms with van der Waals surface area (Å²) in [5.74, 6) is -0.344. The lowest BCUT2D eigenvalue weighted by Crippen LogP contribution is -2.08. The van der Waals surface area contributed by atoms with E-state index in [4.69, 9.17) is 0 Å². The fourth-order valence-corrected chi connectivity index (χ4v) is 0.401. The number of hydrogen-bond acceptors (Lipinski definition) is 3. The summed E-state index contributed by atoms with van der Waals surface area (Å²) in [5, 5.41) is 0. The van der Waals surface area contributed by atoms with Crippen LogP contribution in [-0.4, -0.2) is 32.5 Å². The zero-order valence-corrected chi connectivity index (χ0v) is 5.93. The predicted molar refractivity (Wildman–Crippen MR) is 33.4 cm³/mol. The van der Waals surface area contributed by atoms with Crippen molar-refractivity contribution in [2.75, 3.05) is 26.5 Å². The molecule has 60 valence electrons. The first-order valence-corrected chi connectivity index (χ1v) is 3.04. The van der Waals surface area contributed by atoms with Crippen LogP contribution < -0.4 is 0 Å². The van der Waals surface area contributed by atoms with Crippen molar-refractivity contribution >= 4 is 5.97 Å². The Bertz CT molecular complexity index is 95.0. The normalized spacial score (nSPS) is 9.40. The Morgan fingerprint density at radius 3 is 2.60 bits per heavy atom. The molecule has 0 radical (unpaired) electrons. The highest BCUT2D eigenvalue weighted by Crippen LogP contribution is 1.79. The summed E-state index contributed by atoms with van der Waals surface area (Å²) in [6.07, 6.45) is 0. The van der Waals surface area contributed by atoms with Gasteiger partial charge in [-0.25, -0.2) is 4.39 Å². The highest BCUT2D eigenvalue weighted by molar-refractivity contribution is 5.65. The van der Waals surface area contributed by atoms with Crippen LogP contribution in [0.4, 0.5) is 4.39 Å². The molecule has 0 aromatic heterocycles. The van der Waals surface area contributed by atoms with E-state index in [2.05, 4.69) is 9.47 Å². The van der Waals surface area contributed by atoms with Gasteiger partial charge in [-0.3, -0.25) is 4.79 Å². The maximum absolute atomic E-state index is 11.3. The molecule has 0 N–H and O–H groups in total. The van der Waals surface area contributed by atoms with Crippen molar-refractivity contribution in [2.24, 2.45) is 0 Å². The van der Waals surface area contributed by atoms with Crippen molar-refractivity contribution in [1.29, 1.82) is 0 Å².